The van der Waals surface area contributed by atoms with Crippen LogP contribution in [0.3, 0.4) is 0 Å². The molecular weight excluding hydrogens is 383 g/mol. The monoisotopic (exact) mass is 423 g/mol. The van der Waals surface area contributed by atoms with Gasteiger partial charge in [0.2, 0.25) is 0 Å². The molecule has 0 fully saturated rings. The molecule has 0 heterocycles. The molecule has 0 rings (SSSR count). The van der Waals surface area contributed by atoms with Crippen molar-refractivity contribution in [2.24, 2.45) is 20.5 Å². The van der Waals surface area contributed by atoms with Crippen molar-refractivity contribution in [1.82, 2.24) is 10.6 Å². The van der Waals surface area contributed by atoms with E-state index in [4.69, 9.17) is 0 Å². The second-order valence-electron chi connectivity index (χ2n) is 10.5. The summed E-state index contributed by atoms with van der Waals surface area (Å²) in [4.78, 5) is 0. The molecule has 27 heavy (non-hydrogen) atoms. The predicted octanol–water partition coefficient (Wildman–Crippen LogP) is 5.94. The molecule has 2 N–H and O–H groups in total. The minimum atomic E-state index is -0.240. The summed E-state index contributed by atoms with van der Waals surface area (Å²) in [6, 6.07) is 0. The van der Waals surface area contributed by atoms with Gasteiger partial charge in [-0.2, -0.15) is 0 Å². The van der Waals surface area contributed by atoms with Gasteiger partial charge >= 0.3 is 173 Å². The molecule has 159 valence electrons. The molecule has 0 spiro atoms. The molecule has 0 amide bonds. The fraction of sp³-hybridized carbons (Fsp3) is 0.800. The Morgan fingerprint density at radius 2 is 0.889 bits per heavy atom. The first kappa shape index (κ1) is 25.8. The molecule has 0 aliphatic carbocycles. The third-order valence-electron chi connectivity index (χ3n) is 2.29. The maximum absolute atomic E-state index is 4.47. The van der Waals surface area contributed by atoms with Crippen LogP contribution in [0, 0.1) is 0 Å². The van der Waals surface area contributed by atoms with Crippen LogP contribution >= 0.6 is 0 Å². The number of hydrogen-bond donors (Lipinski definition) is 2. The van der Waals surface area contributed by atoms with E-state index in [1.165, 1.54) is 0 Å². The fourth-order valence-corrected chi connectivity index (χ4v) is 1.95. The summed E-state index contributed by atoms with van der Waals surface area (Å²) in [5.41, 5.74) is -0.595. The Morgan fingerprint density at radius 3 is 1.11 bits per heavy atom. The Kier molecular flexibility index (Phi) is 9.38. The molecule has 0 saturated carbocycles. The summed E-state index contributed by atoms with van der Waals surface area (Å²) in [5, 5.41) is 24.5. The van der Waals surface area contributed by atoms with Gasteiger partial charge in [-0.25, -0.2) is 0 Å². The molecule has 0 aromatic rings. The predicted molar refractivity (Wildman–Crippen MR) is 111 cm³/mol. The van der Waals surface area contributed by atoms with E-state index in [2.05, 4.69) is 72.6 Å². The van der Waals surface area contributed by atoms with Crippen LogP contribution in [0.5, 0.6) is 0 Å². The molecule has 0 aromatic heterocycles. The molecule has 0 aliphatic rings. The number of nitrogens with one attached hydrogen (secondary N) is 2. The topological polar surface area (TPSA) is 73.5 Å². The summed E-state index contributed by atoms with van der Waals surface area (Å²) in [6.45, 7) is 24.8. The molecule has 0 aliphatic heterocycles. The standard InChI is InChI=1S/2C10H20N3.Co/c2*1-9(2,3)11-7-8-12-13-10(4,5)6;/h2*7,11H,1-6H3;. The molecule has 0 atom stereocenters. The van der Waals surface area contributed by atoms with E-state index < -0.39 is 0 Å². The third-order valence-corrected chi connectivity index (χ3v) is 3.33. The van der Waals surface area contributed by atoms with E-state index in [-0.39, 0.29) is 22.2 Å². The fourth-order valence-electron chi connectivity index (χ4n) is 1.16. The van der Waals surface area contributed by atoms with Gasteiger partial charge < -0.3 is 0 Å². The molecule has 6 nitrogen and oxygen atoms in total. The zero-order chi connectivity index (χ0) is 21.5. The van der Waals surface area contributed by atoms with Crippen LogP contribution in [-0.2, 0) is 14.7 Å². The summed E-state index contributed by atoms with van der Waals surface area (Å²) >= 11 is 0.869. The number of nitrogens with zero attached hydrogens (tertiary/aromatic N) is 4. The number of rotatable bonds is 6. The van der Waals surface area contributed by atoms with Gasteiger partial charge in [0.1, 0.15) is 0 Å². The number of azo groups is 2. The zero-order valence-corrected chi connectivity index (χ0v) is 20.3. The van der Waals surface area contributed by atoms with Crippen molar-refractivity contribution in [1.29, 1.82) is 0 Å². The summed E-state index contributed by atoms with van der Waals surface area (Å²) in [5.74, 6) is 0. The summed E-state index contributed by atoms with van der Waals surface area (Å²) < 4.78 is 1.57. The van der Waals surface area contributed by atoms with E-state index in [0.717, 1.165) is 24.0 Å². The molecule has 7 heteroatoms. The Morgan fingerprint density at radius 1 is 0.593 bits per heavy atom. The first-order valence-electron chi connectivity index (χ1n) is 9.28. The van der Waals surface area contributed by atoms with Gasteiger partial charge in [-0.3, -0.25) is 0 Å². The Hall–Kier alpha value is -1.21. The van der Waals surface area contributed by atoms with Crippen LogP contribution in [0.15, 0.2) is 42.1 Å². The van der Waals surface area contributed by atoms with Crippen molar-refractivity contribution in [3.05, 3.63) is 21.7 Å². The molecule has 0 radical (unpaired) electrons. The molecule has 0 aromatic carbocycles. The van der Waals surface area contributed by atoms with E-state index >= 15 is 0 Å². The van der Waals surface area contributed by atoms with Crippen LogP contribution < -0.4 is 10.6 Å². The van der Waals surface area contributed by atoms with Crippen LogP contribution in [0.4, 0.5) is 0 Å². The molecule has 0 unspecified atom stereocenters. The van der Waals surface area contributed by atoms with E-state index in [9.17, 15) is 0 Å². The van der Waals surface area contributed by atoms with Crippen molar-refractivity contribution >= 4 is 0 Å². The average molecular weight is 424 g/mol. The van der Waals surface area contributed by atoms with Gasteiger partial charge in [-0.05, 0) is 0 Å². The first-order valence-corrected chi connectivity index (χ1v) is 10.3. The minimum absolute atomic E-state index is 0.0576. The molecular formula is C20H40CoN6. The Balaban J connectivity index is 5.74. The quantitative estimate of drug-likeness (QED) is 0.519. The second kappa shape index (κ2) is 9.82. The van der Waals surface area contributed by atoms with Gasteiger partial charge in [0.15, 0.2) is 0 Å². The van der Waals surface area contributed by atoms with E-state index in [1.807, 2.05) is 53.9 Å². The summed E-state index contributed by atoms with van der Waals surface area (Å²) in [7, 11) is 0. The number of hydrogen-bond acceptors (Lipinski definition) is 6. The van der Waals surface area contributed by atoms with Crippen molar-refractivity contribution in [2.75, 3.05) is 0 Å². The third kappa shape index (κ3) is 17.9. The van der Waals surface area contributed by atoms with Crippen LogP contribution in [0.1, 0.15) is 83.1 Å². The molecule has 0 bridgehead atoms. The van der Waals surface area contributed by atoms with Gasteiger partial charge in [0, 0.05) is 0 Å². The van der Waals surface area contributed by atoms with Gasteiger partial charge in [-0.15, -0.1) is 0 Å². The first-order chi connectivity index (χ1) is 11.9. The zero-order valence-electron chi connectivity index (χ0n) is 19.3. The second-order valence-corrected chi connectivity index (χ2v) is 11.8. The SMILES string of the molecule is CC(C)(C)N=N[C](=CNC(C)(C)C)[Co][C](=CNC(C)(C)C)N=NC(C)(C)C. The van der Waals surface area contributed by atoms with Crippen molar-refractivity contribution in [3.8, 4) is 0 Å². The normalized spacial score (nSPS) is 15.9. The van der Waals surface area contributed by atoms with Gasteiger partial charge in [0.05, 0.1) is 0 Å². The molecule has 0 saturated heterocycles. The van der Waals surface area contributed by atoms with Gasteiger partial charge in [0.25, 0.3) is 0 Å². The maximum atomic E-state index is 4.47. The van der Waals surface area contributed by atoms with E-state index in [0.29, 0.717) is 0 Å². The Labute approximate surface area is 172 Å². The van der Waals surface area contributed by atoms with E-state index in [1.54, 1.807) is 0 Å². The van der Waals surface area contributed by atoms with Crippen molar-refractivity contribution < 1.29 is 14.7 Å². The van der Waals surface area contributed by atoms with Gasteiger partial charge in [-0.1, -0.05) is 0 Å². The van der Waals surface area contributed by atoms with Crippen LogP contribution in [0.25, 0.3) is 0 Å². The summed E-state index contributed by atoms with van der Waals surface area (Å²) in [6.07, 6.45) is 3.82. The van der Waals surface area contributed by atoms with Crippen LogP contribution in [-0.4, -0.2) is 22.2 Å². The van der Waals surface area contributed by atoms with Crippen LogP contribution in [0.2, 0.25) is 0 Å². The van der Waals surface area contributed by atoms with Crippen molar-refractivity contribution in [2.45, 2.75) is 105 Å². The Bertz CT molecular complexity index is 524. The average Bonchev–Trinajstić information content (AvgIpc) is 2.40. The van der Waals surface area contributed by atoms with Crippen molar-refractivity contribution in [3.63, 3.8) is 0 Å².